The van der Waals surface area contributed by atoms with Gasteiger partial charge in [-0.1, -0.05) is 13.8 Å². The first-order valence-electron chi connectivity index (χ1n) is 8.28. The van der Waals surface area contributed by atoms with Crippen LogP contribution >= 0.6 is 0 Å². The van der Waals surface area contributed by atoms with Gasteiger partial charge in [0.15, 0.2) is 0 Å². The molecule has 0 aromatic carbocycles. The van der Waals surface area contributed by atoms with E-state index in [1.165, 1.54) is 25.1 Å². The summed E-state index contributed by atoms with van der Waals surface area (Å²) in [4.78, 5) is 9.57. The normalized spacial score (nSPS) is 20.7. The number of pyridine rings is 1. The standard InChI is InChI=1S/C17H30N4/c1-5-16(18-3)17-10-9-14(12-19-17)20(4)13-15-8-7-11-21(15)6-2/h9-10,12,15-16,18H,5-8,11,13H2,1-4H3. The van der Waals surface area contributed by atoms with Crippen LogP contribution in [0, 0.1) is 0 Å². The van der Waals surface area contributed by atoms with Gasteiger partial charge >= 0.3 is 0 Å². The van der Waals surface area contributed by atoms with Crippen LogP contribution in [0.2, 0.25) is 0 Å². The SMILES string of the molecule is CCC(NC)c1ccc(N(C)CC2CCCN2CC)cn1. The van der Waals surface area contributed by atoms with Gasteiger partial charge in [-0.15, -0.1) is 0 Å². The molecule has 1 aliphatic heterocycles. The third kappa shape index (κ3) is 3.95. The Balaban J connectivity index is 1.98. The topological polar surface area (TPSA) is 31.4 Å². The molecule has 0 amide bonds. The average Bonchev–Trinajstić information content (AvgIpc) is 2.96. The van der Waals surface area contributed by atoms with E-state index >= 15 is 0 Å². The molecule has 2 heterocycles. The molecule has 4 heteroatoms. The molecule has 1 saturated heterocycles. The van der Waals surface area contributed by atoms with Crippen LogP contribution in [0.25, 0.3) is 0 Å². The monoisotopic (exact) mass is 290 g/mol. The summed E-state index contributed by atoms with van der Waals surface area (Å²) >= 11 is 0. The predicted molar refractivity (Wildman–Crippen MR) is 89.9 cm³/mol. The lowest BCUT2D eigenvalue weighted by atomic mass is 10.1. The number of hydrogen-bond donors (Lipinski definition) is 1. The summed E-state index contributed by atoms with van der Waals surface area (Å²) in [5, 5.41) is 3.31. The Morgan fingerprint density at radius 1 is 1.43 bits per heavy atom. The van der Waals surface area contributed by atoms with Gasteiger partial charge in [0.05, 0.1) is 17.6 Å². The summed E-state index contributed by atoms with van der Waals surface area (Å²) in [5.41, 5.74) is 2.35. The summed E-state index contributed by atoms with van der Waals surface area (Å²) in [6.45, 7) is 7.96. The van der Waals surface area contributed by atoms with Gasteiger partial charge in [-0.05, 0) is 51.5 Å². The van der Waals surface area contributed by atoms with Gasteiger partial charge in [-0.2, -0.15) is 0 Å². The molecule has 0 bridgehead atoms. The summed E-state index contributed by atoms with van der Waals surface area (Å²) in [7, 11) is 4.17. The quantitative estimate of drug-likeness (QED) is 0.836. The summed E-state index contributed by atoms with van der Waals surface area (Å²) in [6, 6.07) is 5.41. The highest BCUT2D eigenvalue weighted by Crippen LogP contribution is 2.21. The first kappa shape index (κ1) is 16.2. The lowest BCUT2D eigenvalue weighted by molar-refractivity contribution is 0.270. The third-order valence-corrected chi connectivity index (χ3v) is 4.72. The van der Waals surface area contributed by atoms with Crippen LogP contribution in [-0.4, -0.2) is 49.7 Å². The fourth-order valence-corrected chi connectivity index (χ4v) is 3.33. The second-order valence-corrected chi connectivity index (χ2v) is 6.00. The zero-order valence-electron chi connectivity index (χ0n) is 14.0. The van der Waals surface area contributed by atoms with E-state index in [0.717, 1.165) is 25.2 Å². The molecule has 1 aliphatic rings. The number of nitrogens with one attached hydrogen (secondary N) is 1. The van der Waals surface area contributed by atoms with Gasteiger partial charge in [-0.3, -0.25) is 9.88 Å². The van der Waals surface area contributed by atoms with Crippen LogP contribution in [-0.2, 0) is 0 Å². The average molecular weight is 290 g/mol. The van der Waals surface area contributed by atoms with Gasteiger partial charge in [0, 0.05) is 25.7 Å². The summed E-state index contributed by atoms with van der Waals surface area (Å²) < 4.78 is 0. The van der Waals surface area contributed by atoms with Gasteiger partial charge < -0.3 is 10.2 Å². The molecule has 4 nitrogen and oxygen atoms in total. The molecular weight excluding hydrogens is 260 g/mol. The molecule has 118 valence electrons. The van der Waals surface area contributed by atoms with Gasteiger partial charge in [0.1, 0.15) is 0 Å². The van der Waals surface area contributed by atoms with Crippen molar-refractivity contribution < 1.29 is 0 Å². The van der Waals surface area contributed by atoms with Crippen molar-refractivity contribution in [1.82, 2.24) is 15.2 Å². The molecule has 0 saturated carbocycles. The van der Waals surface area contributed by atoms with Crippen molar-refractivity contribution in [1.29, 1.82) is 0 Å². The highest BCUT2D eigenvalue weighted by molar-refractivity contribution is 5.44. The molecule has 1 N–H and O–H groups in total. The lowest BCUT2D eigenvalue weighted by Crippen LogP contribution is -2.38. The molecule has 21 heavy (non-hydrogen) atoms. The van der Waals surface area contributed by atoms with Crippen LogP contribution in [0.3, 0.4) is 0 Å². The number of aromatic nitrogens is 1. The maximum absolute atomic E-state index is 4.64. The van der Waals surface area contributed by atoms with Crippen LogP contribution < -0.4 is 10.2 Å². The molecule has 1 aromatic heterocycles. The Hall–Kier alpha value is -1.13. The van der Waals surface area contributed by atoms with E-state index in [4.69, 9.17) is 0 Å². The van der Waals surface area contributed by atoms with E-state index in [0.29, 0.717) is 12.1 Å². The van der Waals surface area contributed by atoms with E-state index in [1.807, 2.05) is 13.2 Å². The minimum atomic E-state index is 0.356. The van der Waals surface area contributed by atoms with Crippen molar-refractivity contribution in [2.24, 2.45) is 0 Å². The highest BCUT2D eigenvalue weighted by atomic mass is 15.2. The van der Waals surface area contributed by atoms with Crippen molar-refractivity contribution in [3.63, 3.8) is 0 Å². The van der Waals surface area contributed by atoms with E-state index in [-0.39, 0.29) is 0 Å². The zero-order valence-corrected chi connectivity index (χ0v) is 14.0. The summed E-state index contributed by atoms with van der Waals surface area (Å²) in [5.74, 6) is 0. The molecule has 0 radical (unpaired) electrons. The highest BCUT2D eigenvalue weighted by Gasteiger charge is 2.24. The van der Waals surface area contributed by atoms with Crippen LogP contribution in [0.4, 0.5) is 5.69 Å². The maximum Gasteiger partial charge on any atom is 0.0574 e. The smallest absolute Gasteiger partial charge is 0.0574 e. The Kier molecular flexibility index (Phi) is 6.00. The lowest BCUT2D eigenvalue weighted by Gasteiger charge is -2.29. The van der Waals surface area contributed by atoms with Gasteiger partial charge in [-0.25, -0.2) is 0 Å². The van der Waals surface area contributed by atoms with Crippen molar-refractivity contribution in [2.75, 3.05) is 38.6 Å². The number of anilines is 1. The zero-order chi connectivity index (χ0) is 15.2. The fraction of sp³-hybridized carbons (Fsp3) is 0.706. The molecule has 2 rings (SSSR count). The van der Waals surface area contributed by atoms with Crippen molar-refractivity contribution in [3.8, 4) is 0 Å². The van der Waals surface area contributed by atoms with Gasteiger partial charge in [0.2, 0.25) is 0 Å². The fourth-order valence-electron chi connectivity index (χ4n) is 3.33. The van der Waals surface area contributed by atoms with E-state index < -0.39 is 0 Å². The molecule has 2 atom stereocenters. The van der Waals surface area contributed by atoms with Crippen molar-refractivity contribution >= 4 is 5.69 Å². The minimum Gasteiger partial charge on any atom is -0.372 e. The molecule has 1 fully saturated rings. The molecule has 2 unspecified atom stereocenters. The molecule has 1 aromatic rings. The molecule has 0 aliphatic carbocycles. The third-order valence-electron chi connectivity index (χ3n) is 4.72. The Labute approximate surface area is 129 Å². The second-order valence-electron chi connectivity index (χ2n) is 6.00. The Morgan fingerprint density at radius 2 is 2.24 bits per heavy atom. The Bertz CT molecular complexity index is 413. The van der Waals surface area contributed by atoms with E-state index in [9.17, 15) is 0 Å². The predicted octanol–water partition coefficient (Wildman–Crippen LogP) is 2.67. The van der Waals surface area contributed by atoms with E-state index in [2.05, 4.69) is 53.1 Å². The molecular formula is C17H30N4. The number of likely N-dealkylation sites (tertiary alicyclic amines) is 1. The van der Waals surface area contributed by atoms with Crippen LogP contribution in [0.15, 0.2) is 18.3 Å². The molecule has 0 spiro atoms. The first-order chi connectivity index (χ1) is 10.2. The first-order valence-corrected chi connectivity index (χ1v) is 8.28. The second kappa shape index (κ2) is 7.76. The summed E-state index contributed by atoms with van der Waals surface area (Å²) in [6.07, 6.45) is 5.73. The number of rotatable bonds is 7. The minimum absolute atomic E-state index is 0.356. The number of likely N-dealkylation sites (N-methyl/N-ethyl adjacent to an activating group) is 2. The maximum atomic E-state index is 4.64. The number of nitrogens with zero attached hydrogens (tertiary/aromatic N) is 3. The van der Waals surface area contributed by atoms with Crippen LogP contribution in [0.1, 0.15) is 44.8 Å². The van der Waals surface area contributed by atoms with Crippen LogP contribution in [0.5, 0.6) is 0 Å². The Morgan fingerprint density at radius 3 is 2.81 bits per heavy atom. The van der Waals surface area contributed by atoms with E-state index in [1.54, 1.807) is 0 Å². The van der Waals surface area contributed by atoms with Gasteiger partial charge in [0.25, 0.3) is 0 Å². The van der Waals surface area contributed by atoms with Crippen molar-refractivity contribution in [2.45, 2.75) is 45.2 Å². The van der Waals surface area contributed by atoms with Crippen molar-refractivity contribution in [3.05, 3.63) is 24.0 Å². The largest absolute Gasteiger partial charge is 0.372 e. The number of hydrogen-bond acceptors (Lipinski definition) is 4.